The molecule has 2 amide bonds. The Hall–Kier alpha value is -3.50. The summed E-state index contributed by atoms with van der Waals surface area (Å²) in [4.78, 5) is 14.3. The number of anilines is 3. The predicted octanol–water partition coefficient (Wildman–Crippen LogP) is 5.28. The maximum Gasteiger partial charge on any atom is 0.323 e. The summed E-state index contributed by atoms with van der Waals surface area (Å²) < 4.78 is 55.1. The third-order valence-corrected chi connectivity index (χ3v) is 7.07. The Labute approximate surface area is 204 Å². The topological polar surface area (TPSA) is 81.8 Å². The van der Waals surface area contributed by atoms with Crippen LogP contribution >= 0.6 is 0 Å². The maximum atomic E-state index is 13.9. The van der Waals surface area contributed by atoms with Gasteiger partial charge in [-0.25, -0.2) is 22.0 Å². The molecule has 3 aromatic carbocycles. The van der Waals surface area contributed by atoms with Crippen molar-refractivity contribution in [2.24, 2.45) is 0 Å². The van der Waals surface area contributed by atoms with Gasteiger partial charge in [0, 0.05) is 38.6 Å². The summed E-state index contributed by atoms with van der Waals surface area (Å²) >= 11 is 0. The number of carbonyl (C=O) groups is 1. The molecule has 35 heavy (non-hydrogen) atoms. The van der Waals surface area contributed by atoms with Gasteiger partial charge in [0.1, 0.15) is 11.6 Å². The minimum absolute atomic E-state index is 0.00250. The molecule has 0 atom stereocenters. The number of nitrogens with zero attached hydrogens (tertiary/aromatic N) is 2. The zero-order chi connectivity index (χ0) is 25.6. The fraction of sp³-hybridized carbons (Fsp3) is 0.240. The summed E-state index contributed by atoms with van der Waals surface area (Å²) in [5.41, 5.74) is 1.86. The Balaban J connectivity index is 1.88. The molecule has 0 unspecified atom stereocenters. The van der Waals surface area contributed by atoms with E-state index >= 15 is 0 Å². The molecule has 10 heteroatoms. The van der Waals surface area contributed by atoms with Gasteiger partial charge < -0.3 is 15.5 Å². The lowest BCUT2D eigenvalue weighted by atomic mass is 10.1. The number of hydrogen-bond donors (Lipinski definition) is 2. The normalized spacial score (nSPS) is 11.4. The molecule has 0 radical (unpaired) electrons. The van der Waals surface area contributed by atoms with E-state index in [4.69, 9.17) is 0 Å². The number of amides is 2. The number of hydrogen-bond acceptors (Lipinski definition) is 4. The van der Waals surface area contributed by atoms with E-state index in [1.807, 2.05) is 25.9 Å². The minimum Gasteiger partial charge on any atom is -0.377 e. The molecule has 0 aliphatic carbocycles. The van der Waals surface area contributed by atoms with Crippen molar-refractivity contribution in [2.75, 3.05) is 36.2 Å². The molecule has 0 saturated carbocycles. The number of sulfonamides is 1. The lowest BCUT2D eigenvalue weighted by molar-refractivity contribution is 0.262. The van der Waals surface area contributed by atoms with Gasteiger partial charge in [-0.05, 0) is 66.6 Å². The van der Waals surface area contributed by atoms with Crippen LogP contribution in [0.5, 0.6) is 0 Å². The van der Waals surface area contributed by atoms with Gasteiger partial charge in [0.2, 0.25) is 10.0 Å². The first kappa shape index (κ1) is 26.1. The molecule has 0 spiro atoms. The second-order valence-corrected chi connectivity index (χ2v) is 10.0. The molecular formula is C25H28F2N4O3S. The third-order valence-electron chi connectivity index (χ3n) is 5.21. The number of carbonyl (C=O) groups excluding carboxylic acids is 1. The van der Waals surface area contributed by atoms with Crippen LogP contribution in [0.4, 0.5) is 30.6 Å². The average molecular weight is 503 g/mol. The Bertz CT molecular complexity index is 1280. The van der Waals surface area contributed by atoms with Crippen LogP contribution in [0.2, 0.25) is 0 Å². The fourth-order valence-corrected chi connectivity index (χ4v) is 5.06. The first-order valence-corrected chi connectivity index (χ1v) is 12.4. The molecule has 0 fully saturated rings. The standard InChI is InChI=1S/C25H28F2N4O3S/c1-4-15-31(35(33,34)21-12-9-19(26)10-13-21)17-18-16-20(11-14-24(18)30(2)3)28-25(32)29-23-8-6-5-7-22(23)27/h5-14,16H,4,15,17H2,1-3H3,(H2,28,29,32). The lowest BCUT2D eigenvalue weighted by Crippen LogP contribution is -2.32. The van der Waals surface area contributed by atoms with Crippen molar-refractivity contribution in [1.29, 1.82) is 0 Å². The van der Waals surface area contributed by atoms with Crippen LogP contribution in [0, 0.1) is 11.6 Å². The molecule has 3 rings (SSSR count). The lowest BCUT2D eigenvalue weighted by Gasteiger charge is -2.25. The first-order valence-electron chi connectivity index (χ1n) is 11.0. The van der Waals surface area contributed by atoms with Crippen LogP contribution in [-0.2, 0) is 16.6 Å². The van der Waals surface area contributed by atoms with Crippen LogP contribution in [0.25, 0.3) is 0 Å². The zero-order valence-electron chi connectivity index (χ0n) is 19.8. The quantitative estimate of drug-likeness (QED) is 0.417. The van der Waals surface area contributed by atoms with Crippen LogP contribution in [0.15, 0.2) is 71.6 Å². The van der Waals surface area contributed by atoms with Gasteiger partial charge in [0.15, 0.2) is 0 Å². The Morgan fingerprint density at radius 3 is 2.26 bits per heavy atom. The highest BCUT2D eigenvalue weighted by atomic mass is 32.2. The van der Waals surface area contributed by atoms with Crippen molar-refractivity contribution in [3.63, 3.8) is 0 Å². The summed E-state index contributed by atoms with van der Waals surface area (Å²) in [5, 5.41) is 5.12. The van der Waals surface area contributed by atoms with Crippen LogP contribution < -0.4 is 15.5 Å². The number of benzene rings is 3. The van der Waals surface area contributed by atoms with E-state index in [9.17, 15) is 22.0 Å². The molecule has 0 bridgehead atoms. The minimum atomic E-state index is -3.90. The first-order chi connectivity index (χ1) is 16.6. The molecule has 2 N–H and O–H groups in total. The van der Waals surface area contributed by atoms with E-state index in [-0.39, 0.29) is 23.7 Å². The number of para-hydroxylation sites is 1. The monoisotopic (exact) mass is 502 g/mol. The smallest absolute Gasteiger partial charge is 0.323 e. The Morgan fingerprint density at radius 2 is 1.63 bits per heavy atom. The van der Waals surface area contributed by atoms with Crippen molar-refractivity contribution < 1.29 is 22.0 Å². The molecule has 0 aromatic heterocycles. The Morgan fingerprint density at radius 1 is 0.943 bits per heavy atom. The number of urea groups is 1. The van der Waals surface area contributed by atoms with E-state index in [2.05, 4.69) is 10.6 Å². The van der Waals surface area contributed by atoms with Gasteiger partial charge in [-0.15, -0.1) is 0 Å². The molecule has 7 nitrogen and oxygen atoms in total. The molecule has 0 heterocycles. The molecule has 3 aromatic rings. The second kappa shape index (κ2) is 11.3. The molecular weight excluding hydrogens is 474 g/mol. The van der Waals surface area contributed by atoms with Crippen LogP contribution in [0.3, 0.4) is 0 Å². The number of rotatable bonds is 9. The van der Waals surface area contributed by atoms with Gasteiger partial charge in [0.25, 0.3) is 0 Å². The second-order valence-electron chi connectivity index (χ2n) is 8.09. The van der Waals surface area contributed by atoms with E-state index < -0.39 is 27.7 Å². The van der Waals surface area contributed by atoms with Gasteiger partial charge in [-0.2, -0.15) is 4.31 Å². The van der Waals surface area contributed by atoms with E-state index in [0.717, 1.165) is 17.8 Å². The van der Waals surface area contributed by atoms with Gasteiger partial charge in [-0.1, -0.05) is 19.1 Å². The molecule has 186 valence electrons. The SMILES string of the molecule is CCCN(Cc1cc(NC(=O)Nc2ccccc2F)ccc1N(C)C)S(=O)(=O)c1ccc(F)cc1. The zero-order valence-corrected chi connectivity index (χ0v) is 20.6. The number of halogens is 2. The van der Waals surface area contributed by atoms with Gasteiger partial charge in [0.05, 0.1) is 10.6 Å². The summed E-state index contributed by atoms with van der Waals surface area (Å²) in [6, 6.07) is 15.0. The van der Waals surface area contributed by atoms with Crippen molar-refractivity contribution in [3.8, 4) is 0 Å². The summed E-state index contributed by atoms with van der Waals surface area (Å²) in [6.07, 6.45) is 0.570. The van der Waals surface area contributed by atoms with Crippen molar-refractivity contribution in [1.82, 2.24) is 4.31 Å². The largest absolute Gasteiger partial charge is 0.377 e. The van der Waals surface area contributed by atoms with Crippen molar-refractivity contribution >= 4 is 33.1 Å². The highest BCUT2D eigenvalue weighted by Crippen LogP contribution is 2.27. The van der Waals surface area contributed by atoms with Crippen molar-refractivity contribution in [2.45, 2.75) is 24.8 Å². The van der Waals surface area contributed by atoms with Crippen molar-refractivity contribution in [3.05, 3.63) is 83.9 Å². The van der Waals surface area contributed by atoms with E-state index in [0.29, 0.717) is 17.7 Å². The third kappa shape index (κ3) is 6.55. The predicted molar refractivity (Wildman–Crippen MR) is 134 cm³/mol. The molecule has 0 aliphatic rings. The van der Waals surface area contributed by atoms with E-state index in [1.165, 1.54) is 34.6 Å². The Kier molecular flexibility index (Phi) is 8.42. The molecule has 0 aliphatic heterocycles. The van der Waals surface area contributed by atoms with Gasteiger partial charge in [-0.3, -0.25) is 0 Å². The highest BCUT2D eigenvalue weighted by molar-refractivity contribution is 7.89. The maximum absolute atomic E-state index is 13.9. The fourth-order valence-electron chi connectivity index (χ4n) is 3.55. The number of nitrogens with one attached hydrogen (secondary N) is 2. The van der Waals surface area contributed by atoms with Gasteiger partial charge >= 0.3 is 6.03 Å². The van der Waals surface area contributed by atoms with Crippen LogP contribution in [0.1, 0.15) is 18.9 Å². The van der Waals surface area contributed by atoms with E-state index in [1.54, 1.807) is 24.3 Å². The van der Waals surface area contributed by atoms with Crippen LogP contribution in [-0.4, -0.2) is 39.4 Å². The summed E-state index contributed by atoms with van der Waals surface area (Å²) in [6.45, 7) is 2.15. The average Bonchev–Trinajstić information content (AvgIpc) is 2.80. The highest BCUT2D eigenvalue weighted by Gasteiger charge is 2.25. The molecule has 0 saturated heterocycles. The summed E-state index contributed by atoms with van der Waals surface area (Å²) in [5.74, 6) is -1.08. The summed E-state index contributed by atoms with van der Waals surface area (Å²) in [7, 11) is -0.238.